The number of H-pyrrole nitrogens is 1. The molecule has 2 aliphatic heterocycles. The third-order valence-corrected chi connectivity index (χ3v) is 4.49. The molecule has 6 nitrogen and oxygen atoms in total. The van der Waals surface area contributed by atoms with E-state index in [1.165, 1.54) is 18.4 Å². The molecule has 0 aliphatic carbocycles. The molecular weight excluding hydrogens is 266 g/mol. The van der Waals surface area contributed by atoms with Gasteiger partial charge in [-0.25, -0.2) is 9.97 Å². The second-order valence-electron chi connectivity index (χ2n) is 5.78. The summed E-state index contributed by atoms with van der Waals surface area (Å²) in [5, 5.41) is 3.42. The van der Waals surface area contributed by atoms with Crippen molar-refractivity contribution in [3.8, 4) is 0 Å². The van der Waals surface area contributed by atoms with E-state index in [1.807, 2.05) is 6.20 Å². The first-order chi connectivity index (χ1) is 10.4. The molecule has 21 heavy (non-hydrogen) atoms. The molecule has 0 unspecified atom stereocenters. The van der Waals surface area contributed by atoms with Crippen molar-refractivity contribution in [3.05, 3.63) is 17.8 Å². The minimum Gasteiger partial charge on any atom is -0.378 e. The maximum Gasteiger partial charge on any atom is 0.205 e. The molecule has 4 heterocycles. The molecule has 6 heteroatoms. The summed E-state index contributed by atoms with van der Waals surface area (Å²) in [6.45, 7) is 5.51. The number of pyridine rings is 1. The largest absolute Gasteiger partial charge is 0.378 e. The molecule has 2 fully saturated rings. The summed E-state index contributed by atoms with van der Waals surface area (Å²) in [4.78, 5) is 14.9. The molecule has 2 saturated heterocycles. The van der Waals surface area contributed by atoms with Crippen molar-refractivity contribution in [1.29, 1.82) is 0 Å². The van der Waals surface area contributed by atoms with Gasteiger partial charge in [0.2, 0.25) is 5.95 Å². The van der Waals surface area contributed by atoms with Crippen LogP contribution in [0, 0.1) is 0 Å². The van der Waals surface area contributed by atoms with E-state index in [-0.39, 0.29) is 0 Å². The van der Waals surface area contributed by atoms with Crippen LogP contribution in [-0.4, -0.2) is 54.3 Å². The van der Waals surface area contributed by atoms with Crippen molar-refractivity contribution in [2.45, 2.75) is 18.8 Å². The fourth-order valence-electron chi connectivity index (χ4n) is 3.30. The molecule has 0 saturated carbocycles. The highest BCUT2D eigenvalue weighted by Crippen LogP contribution is 2.30. The van der Waals surface area contributed by atoms with Crippen molar-refractivity contribution < 1.29 is 4.74 Å². The van der Waals surface area contributed by atoms with E-state index >= 15 is 0 Å². The van der Waals surface area contributed by atoms with Gasteiger partial charge in [0.05, 0.1) is 13.2 Å². The smallest absolute Gasteiger partial charge is 0.205 e. The highest BCUT2D eigenvalue weighted by molar-refractivity contribution is 5.78. The zero-order chi connectivity index (χ0) is 14.1. The monoisotopic (exact) mass is 287 g/mol. The quantitative estimate of drug-likeness (QED) is 0.870. The molecule has 2 aromatic heterocycles. The van der Waals surface area contributed by atoms with E-state index in [0.717, 1.165) is 56.5 Å². The fourth-order valence-corrected chi connectivity index (χ4v) is 3.30. The number of nitrogens with zero attached hydrogens (tertiary/aromatic N) is 3. The number of piperidine rings is 1. The molecule has 2 N–H and O–H groups in total. The maximum absolute atomic E-state index is 5.41. The lowest BCUT2D eigenvalue weighted by Crippen LogP contribution is -2.36. The Morgan fingerprint density at radius 2 is 2.00 bits per heavy atom. The van der Waals surface area contributed by atoms with Crippen LogP contribution in [0.15, 0.2) is 12.3 Å². The number of morpholine rings is 1. The Bertz CT molecular complexity index is 614. The van der Waals surface area contributed by atoms with E-state index in [9.17, 15) is 0 Å². The van der Waals surface area contributed by atoms with Gasteiger partial charge in [0.1, 0.15) is 5.52 Å². The van der Waals surface area contributed by atoms with Crippen LogP contribution in [0.2, 0.25) is 0 Å². The Hall–Kier alpha value is -1.66. The Labute approximate surface area is 123 Å². The molecule has 2 aromatic rings. The molecule has 0 atom stereocenters. The highest BCUT2D eigenvalue weighted by Gasteiger charge is 2.21. The average Bonchev–Trinajstić information content (AvgIpc) is 3.00. The highest BCUT2D eigenvalue weighted by atomic mass is 16.5. The third kappa shape index (κ3) is 2.49. The van der Waals surface area contributed by atoms with Gasteiger partial charge in [-0.3, -0.25) is 0 Å². The number of rotatable bonds is 2. The second kappa shape index (κ2) is 5.61. The lowest BCUT2D eigenvalue weighted by molar-refractivity contribution is 0.122. The fraction of sp³-hybridized carbons (Fsp3) is 0.600. The standard InChI is InChI=1S/C15H21N5O/c1-4-16-5-2-11(1)12-3-6-17-14-13(12)18-15(19-14)20-7-9-21-10-8-20/h3,6,11,16H,1-2,4-5,7-10H2,(H,17,18,19). The minimum atomic E-state index is 0.595. The molecule has 0 radical (unpaired) electrons. The van der Waals surface area contributed by atoms with Crippen LogP contribution >= 0.6 is 0 Å². The lowest BCUT2D eigenvalue weighted by atomic mass is 9.90. The molecule has 0 spiro atoms. The number of imidazole rings is 1. The predicted octanol–water partition coefficient (Wildman–Crippen LogP) is 1.26. The van der Waals surface area contributed by atoms with Gasteiger partial charge in [0, 0.05) is 19.3 Å². The van der Waals surface area contributed by atoms with E-state index in [1.54, 1.807) is 0 Å². The zero-order valence-corrected chi connectivity index (χ0v) is 12.1. The van der Waals surface area contributed by atoms with Crippen LogP contribution < -0.4 is 10.2 Å². The first kappa shape index (κ1) is 13.0. The topological polar surface area (TPSA) is 66.1 Å². The summed E-state index contributed by atoms with van der Waals surface area (Å²) in [7, 11) is 0. The first-order valence-electron chi connectivity index (χ1n) is 7.80. The maximum atomic E-state index is 5.41. The Morgan fingerprint density at radius 3 is 2.81 bits per heavy atom. The molecule has 4 rings (SSSR count). The number of hydrogen-bond acceptors (Lipinski definition) is 5. The molecule has 0 bridgehead atoms. The van der Waals surface area contributed by atoms with Crippen LogP contribution in [0.5, 0.6) is 0 Å². The van der Waals surface area contributed by atoms with Crippen molar-refractivity contribution in [2.24, 2.45) is 0 Å². The van der Waals surface area contributed by atoms with Gasteiger partial charge in [-0.15, -0.1) is 0 Å². The lowest BCUT2D eigenvalue weighted by Gasteiger charge is -2.26. The Balaban J connectivity index is 1.69. The normalized spacial score (nSPS) is 21.0. The number of aromatic nitrogens is 3. The Kier molecular flexibility index (Phi) is 3.48. The van der Waals surface area contributed by atoms with Crippen LogP contribution in [0.3, 0.4) is 0 Å². The summed E-state index contributed by atoms with van der Waals surface area (Å²) in [6, 6.07) is 2.14. The van der Waals surface area contributed by atoms with Crippen molar-refractivity contribution in [1.82, 2.24) is 20.3 Å². The number of anilines is 1. The zero-order valence-electron chi connectivity index (χ0n) is 12.1. The van der Waals surface area contributed by atoms with Gasteiger partial charge >= 0.3 is 0 Å². The number of fused-ring (bicyclic) bond motifs is 1. The van der Waals surface area contributed by atoms with Crippen LogP contribution in [-0.2, 0) is 4.74 Å². The van der Waals surface area contributed by atoms with Crippen LogP contribution in [0.4, 0.5) is 5.95 Å². The first-order valence-corrected chi connectivity index (χ1v) is 7.80. The Morgan fingerprint density at radius 1 is 1.19 bits per heavy atom. The summed E-state index contributed by atoms with van der Waals surface area (Å²) >= 11 is 0. The number of nitrogens with one attached hydrogen (secondary N) is 2. The van der Waals surface area contributed by atoms with E-state index < -0.39 is 0 Å². The number of aromatic amines is 1. The van der Waals surface area contributed by atoms with Gasteiger partial charge in [0.25, 0.3) is 0 Å². The predicted molar refractivity (Wildman–Crippen MR) is 81.8 cm³/mol. The van der Waals surface area contributed by atoms with Gasteiger partial charge in [-0.1, -0.05) is 0 Å². The van der Waals surface area contributed by atoms with Gasteiger partial charge in [-0.05, 0) is 43.5 Å². The number of ether oxygens (including phenoxy) is 1. The molecule has 0 amide bonds. The summed E-state index contributed by atoms with van der Waals surface area (Å²) in [6.07, 6.45) is 4.26. The van der Waals surface area contributed by atoms with Crippen LogP contribution in [0.25, 0.3) is 11.2 Å². The third-order valence-electron chi connectivity index (χ3n) is 4.49. The van der Waals surface area contributed by atoms with Crippen molar-refractivity contribution in [3.63, 3.8) is 0 Å². The average molecular weight is 287 g/mol. The van der Waals surface area contributed by atoms with Crippen molar-refractivity contribution >= 4 is 17.1 Å². The van der Waals surface area contributed by atoms with Gasteiger partial charge in [0.15, 0.2) is 5.65 Å². The summed E-state index contributed by atoms with van der Waals surface area (Å²) < 4.78 is 5.41. The summed E-state index contributed by atoms with van der Waals surface area (Å²) in [5.74, 6) is 1.53. The molecular formula is C15H21N5O. The SMILES string of the molecule is c1cc(C2CCNCC2)c2nc(N3CCOCC3)[nH]c2n1. The number of hydrogen-bond donors (Lipinski definition) is 2. The van der Waals surface area contributed by atoms with Crippen molar-refractivity contribution in [2.75, 3.05) is 44.3 Å². The molecule has 2 aliphatic rings. The molecule has 0 aromatic carbocycles. The van der Waals surface area contributed by atoms with E-state index in [0.29, 0.717) is 5.92 Å². The molecule has 112 valence electrons. The van der Waals surface area contributed by atoms with Gasteiger partial charge < -0.3 is 19.9 Å². The summed E-state index contributed by atoms with van der Waals surface area (Å²) in [5.41, 5.74) is 3.30. The van der Waals surface area contributed by atoms with Gasteiger partial charge in [-0.2, -0.15) is 0 Å². The second-order valence-corrected chi connectivity index (χ2v) is 5.78. The van der Waals surface area contributed by atoms with E-state index in [4.69, 9.17) is 9.72 Å². The van der Waals surface area contributed by atoms with E-state index in [2.05, 4.69) is 26.3 Å². The minimum absolute atomic E-state index is 0.595. The van der Waals surface area contributed by atoms with Crippen LogP contribution in [0.1, 0.15) is 24.3 Å².